The second-order valence-electron chi connectivity index (χ2n) is 6.51. The van der Waals surface area contributed by atoms with Crippen LogP contribution in [0.15, 0.2) is 78.9 Å². The number of hydrogen-bond donors (Lipinski definition) is 2. The molecule has 142 valence electrons. The van der Waals surface area contributed by atoms with Gasteiger partial charge in [-0.25, -0.2) is 4.39 Å². The van der Waals surface area contributed by atoms with Crippen molar-refractivity contribution in [3.63, 3.8) is 0 Å². The van der Waals surface area contributed by atoms with Gasteiger partial charge in [0.25, 0.3) is 5.91 Å². The average molecular weight is 376 g/mol. The molecule has 0 unspecified atom stereocenters. The second-order valence-corrected chi connectivity index (χ2v) is 6.51. The zero-order valence-electron chi connectivity index (χ0n) is 15.5. The summed E-state index contributed by atoms with van der Waals surface area (Å²) >= 11 is 0. The molecule has 1 atom stereocenters. The number of rotatable bonds is 6. The fraction of sp³-hybridized carbons (Fsp3) is 0.130. The van der Waals surface area contributed by atoms with Crippen molar-refractivity contribution in [3.05, 3.63) is 101 Å². The van der Waals surface area contributed by atoms with Crippen molar-refractivity contribution < 1.29 is 14.0 Å². The number of nitrogens with one attached hydrogen (secondary N) is 2. The molecule has 0 aliphatic rings. The lowest BCUT2D eigenvalue weighted by molar-refractivity contribution is -0.116. The summed E-state index contributed by atoms with van der Waals surface area (Å²) in [5.41, 5.74) is 2.52. The van der Waals surface area contributed by atoms with Gasteiger partial charge in [0, 0.05) is 11.3 Å². The highest BCUT2D eigenvalue weighted by molar-refractivity contribution is 5.96. The molecule has 0 aromatic heterocycles. The van der Waals surface area contributed by atoms with E-state index in [4.69, 9.17) is 0 Å². The number of amides is 2. The highest BCUT2D eigenvalue weighted by Crippen LogP contribution is 2.21. The molecule has 0 aliphatic carbocycles. The fourth-order valence-corrected chi connectivity index (χ4v) is 2.88. The summed E-state index contributed by atoms with van der Waals surface area (Å²) in [6, 6.07) is 21.9. The summed E-state index contributed by atoms with van der Waals surface area (Å²) in [6.07, 6.45) is 0.0263. The van der Waals surface area contributed by atoms with E-state index in [0.29, 0.717) is 11.3 Å². The third kappa shape index (κ3) is 5.04. The van der Waals surface area contributed by atoms with Gasteiger partial charge in [-0.3, -0.25) is 9.59 Å². The molecule has 0 aliphatic heterocycles. The van der Waals surface area contributed by atoms with Gasteiger partial charge in [0.05, 0.1) is 12.5 Å². The lowest BCUT2D eigenvalue weighted by atomic mass is 10.0. The van der Waals surface area contributed by atoms with E-state index in [-0.39, 0.29) is 18.2 Å². The number of aryl methyl sites for hydroxylation is 1. The number of carbonyl (C=O) groups is 2. The van der Waals surface area contributed by atoms with Crippen molar-refractivity contribution in [2.75, 3.05) is 5.32 Å². The second kappa shape index (κ2) is 8.95. The van der Waals surface area contributed by atoms with Crippen LogP contribution < -0.4 is 10.6 Å². The third-order valence-corrected chi connectivity index (χ3v) is 4.41. The first-order valence-electron chi connectivity index (χ1n) is 9.00. The van der Waals surface area contributed by atoms with Crippen LogP contribution in [-0.4, -0.2) is 11.8 Å². The minimum absolute atomic E-state index is 0.0263. The fourth-order valence-electron chi connectivity index (χ4n) is 2.88. The molecule has 28 heavy (non-hydrogen) atoms. The van der Waals surface area contributed by atoms with Crippen molar-refractivity contribution >= 4 is 17.5 Å². The van der Waals surface area contributed by atoms with E-state index in [0.717, 1.165) is 11.1 Å². The van der Waals surface area contributed by atoms with Crippen LogP contribution in [-0.2, 0) is 4.79 Å². The smallest absolute Gasteiger partial charge is 0.251 e. The molecule has 2 amide bonds. The van der Waals surface area contributed by atoms with E-state index in [1.165, 1.54) is 12.1 Å². The lowest BCUT2D eigenvalue weighted by Crippen LogP contribution is -2.31. The Balaban J connectivity index is 1.76. The molecule has 0 radical (unpaired) electrons. The normalized spacial score (nSPS) is 11.5. The van der Waals surface area contributed by atoms with E-state index in [1.54, 1.807) is 37.3 Å². The molecule has 3 rings (SSSR count). The van der Waals surface area contributed by atoms with E-state index in [2.05, 4.69) is 10.6 Å². The Morgan fingerprint density at radius 3 is 2.25 bits per heavy atom. The molecular weight excluding hydrogens is 355 g/mol. The van der Waals surface area contributed by atoms with Gasteiger partial charge in [-0.2, -0.15) is 0 Å². The molecule has 0 saturated carbocycles. The maximum absolute atomic E-state index is 13.5. The summed E-state index contributed by atoms with van der Waals surface area (Å²) in [5, 5.41) is 5.65. The molecule has 3 aromatic rings. The average Bonchev–Trinajstić information content (AvgIpc) is 2.71. The largest absolute Gasteiger partial charge is 0.345 e. The van der Waals surface area contributed by atoms with Crippen LogP contribution in [0.5, 0.6) is 0 Å². The van der Waals surface area contributed by atoms with E-state index < -0.39 is 11.9 Å². The van der Waals surface area contributed by atoms with Gasteiger partial charge in [0.2, 0.25) is 5.91 Å². The summed E-state index contributed by atoms with van der Waals surface area (Å²) in [7, 11) is 0. The van der Waals surface area contributed by atoms with Gasteiger partial charge >= 0.3 is 0 Å². The summed E-state index contributed by atoms with van der Waals surface area (Å²) < 4.78 is 13.5. The van der Waals surface area contributed by atoms with Crippen LogP contribution in [0.1, 0.15) is 33.9 Å². The Hall–Kier alpha value is -3.47. The molecule has 0 heterocycles. The van der Waals surface area contributed by atoms with Gasteiger partial charge in [-0.05, 0) is 42.3 Å². The van der Waals surface area contributed by atoms with Gasteiger partial charge in [0.1, 0.15) is 5.82 Å². The molecule has 0 fully saturated rings. The Morgan fingerprint density at radius 2 is 1.57 bits per heavy atom. The third-order valence-electron chi connectivity index (χ3n) is 4.41. The molecule has 2 N–H and O–H groups in total. The number of benzene rings is 3. The van der Waals surface area contributed by atoms with Gasteiger partial charge in [0.15, 0.2) is 0 Å². The van der Waals surface area contributed by atoms with Crippen LogP contribution >= 0.6 is 0 Å². The summed E-state index contributed by atoms with van der Waals surface area (Å²) in [4.78, 5) is 25.2. The van der Waals surface area contributed by atoms with E-state index in [1.807, 2.05) is 36.4 Å². The molecule has 0 spiro atoms. The van der Waals surface area contributed by atoms with Crippen LogP contribution in [0.3, 0.4) is 0 Å². The Morgan fingerprint density at radius 1 is 0.929 bits per heavy atom. The zero-order chi connectivity index (χ0) is 19.9. The Labute approximate surface area is 163 Å². The molecule has 5 heteroatoms. The molecule has 0 bridgehead atoms. The topological polar surface area (TPSA) is 58.2 Å². The quantitative estimate of drug-likeness (QED) is 0.659. The summed E-state index contributed by atoms with van der Waals surface area (Å²) in [5.74, 6) is -0.988. The standard InChI is InChI=1S/C23H21FN2O2/c1-16-12-13-19(24)14-20(16)25-22(27)15-21(17-8-4-2-5-9-17)26-23(28)18-10-6-3-7-11-18/h2-14,21H,15H2,1H3,(H,25,27)(H,26,28)/t21-/m1/s1. The Kier molecular flexibility index (Phi) is 6.17. The maximum atomic E-state index is 13.5. The van der Waals surface area contributed by atoms with Gasteiger partial charge in [-0.1, -0.05) is 54.6 Å². The van der Waals surface area contributed by atoms with Crippen LogP contribution in [0.25, 0.3) is 0 Å². The molecule has 4 nitrogen and oxygen atoms in total. The monoisotopic (exact) mass is 376 g/mol. The van der Waals surface area contributed by atoms with E-state index >= 15 is 0 Å². The molecular formula is C23H21FN2O2. The Bertz CT molecular complexity index is 959. The first-order chi connectivity index (χ1) is 13.5. The maximum Gasteiger partial charge on any atom is 0.251 e. The predicted molar refractivity (Wildman–Crippen MR) is 107 cm³/mol. The van der Waals surface area contributed by atoms with Crippen LogP contribution in [0, 0.1) is 12.7 Å². The minimum Gasteiger partial charge on any atom is -0.345 e. The SMILES string of the molecule is Cc1ccc(F)cc1NC(=O)C[C@@H](NC(=O)c1ccccc1)c1ccccc1. The van der Waals surface area contributed by atoms with Crippen molar-refractivity contribution in [1.29, 1.82) is 0 Å². The van der Waals surface area contributed by atoms with Gasteiger partial charge < -0.3 is 10.6 Å². The number of halogens is 1. The first-order valence-corrected chi connectivity index (χ1v) is 9.00. The van der Waals surface area contributed by atoms with Crippen LogP contribution in [0.4, 0.5) is 10.1 Å². The van der Waals surface area contributed by atoms with Gasteiger partial charge in [-0.15, -0.1) is 0 Å². The highest BCUT2D eigenvalue weighted by atomic mass is 19.1. The van der Waals surface area contributed by atoms with Crippen molar-refractivity contribution in [1.82, 2.24) is 5.32 Å². The first kappa shape index (κ1) is 19.3. The zero-order valence-corrected chi connectivity index (χ0v) is 15.5. The molecule has 3 aromatic carbocycles. The lowest BCUT2D eigenvalue weighted by Gasteiger charge is -2.19. The van der Waals surface area contributed by atoms with Crippen molar-refractivity contribution in [3.8, 4) is 0 Å². The molecule has 0 saturated heterocycles. The number of hydrogen-bond acceptors (Lipinski definition) is 2. The van der Waals surface area contributed by atoms with Crippen LogP contribution in [0.2, 0.25) is 0 Å². The van der Waals surface area contributed by atoms with Crippen molar-refractivity contribution in [2.24, 2.45) is 0 Å². The van der Waals surface area contributed by atoms with Crippen molar-refractivity contribution in [2.45, 2.75) is 19.4 Å². The highest BCUT2D eigenvalue weighted by Gasteiger charge is 2.19. The summed E-state index contributed by atoms with van der Waals surface area (Å²) in [6.45, 7) is 1.79. The minimum atomic E-state index is -0.511. The number of anilines is 1. The predicted octanol–water partition coefficient (Wildman–Crippen LogP) is 4.63. The number of carbonyl (C=O) groups excluding carboxylic acids is 2. The van der Waals surface area contributed by atoms with E-state index in [9.17, 15) is 14.0 Å².